The predicted octanol–water partition coefficient (Wildman–Crippen LogP) is 6.77. The van der Waals surface area contributed by atoms with E-state index >= 15 is 0 Å². The number of aryl methyl sites for hydroxylation is 3. The molecule has 1 saturated carbocycles. The second-order valence-corrected chi connectivity index (χ2v) is 12.7. The van der Waals surface area contributed by atoms with Crippen molar-refractivity contribution < 1.29 is 24.2 Å². The van der Waals surface area contributed by atoms with E-state index in [1.165, 1.54) is 0 Å². The number of rotatable bonds is 10. The summed E-state index contributed by atoms with van der Waals surface area (Å²) in [6.45, 7) is 11.2. The standard InChI is InChI=1S/C36H45N3O5/c1-7-25-14-18-27(19-15-25)32(33(41)38-31-23(2)10-8-11-24(31)3)39(28-12-9-13-28)34(42)30(37-35(43)44-36(4,5)6)22-26-16-20-29(40)21-17-26/h8,10-11,14-21,28,30,32,40H,7,9,12-13,22H2,1-6H3,(H,37,43)(H,38,41). The number of nitrogens with zero attached hydrogens (tertiary/aromatic N) is 1. The number of carbonyl (C=O) groups excluding carboxylic acids is 3. The molecule has 3 aromatic carbocycles. The highest BCUT2D eigenvalue weighted by Crippen LogP contribution is 2.35. The summed E-state index contributed by atoms with van der Waals surface area (Å²) >= 11 is 0. The van der Waals surface area contributed by atoms with E-state index in [4.69, 9.17) is 4.74 Å². The lowest BCUT2D eigenvalue weighted by molar-refractivity contribution is -0.145. The van der Waals surface area contributed by atoms with E-state index in [1.807, 2.05) is 56.3 Å². The van der Waals surface area contributed by atoms with Crippen LogP contribution in [0.3, 0.4) is 0 Å². The minimum absolute atomic E-state index is 0.103. The molecule has 0 aliphatic heterocycles. The third-order valence-electron chi connectivity index (χ3n) is 8.05. The fourth-order valence-electron chi connectivity index (χ4n) is 5.46. The Morgan fingerprint density at radius 3 is 2.05 bits per heavy atom. The first-order chi connectivity index (χ1) is 20.9. The summed E-state index contributed by atoms with van der Waals surface area (Å²) in [6, 6.07) is 18.1. The van der Waals surface area contributed by atoms with Crippen LogP contribution in [0.1, 0.15) is 80.8 Å². The second kappa shape index (κ2) is 14.0. The number of aromatic hydroxyl groups is 1. The third kappa shape index (κ3) is 8.18. The summed E-state index contributed by atoms with van der Waals surface area (Å²) in [5.74, 6) is -0.575. The van der Waals surface area contributed by atoms with E-state index in [0.717, 1.165) is 53.6 Å². The van der Waals surface area contributed by atoms with Gasteiger partial charge in [-0.1, -0.05) is 61.5 Å². The maximum atomic E-state index is 14.7. The van der Waals surface area contributed by atoms with Gasteiger partial charge in [0.2, 0.25) is 5.91 Å². The van der Waals surface area contributed by atoms with Crippen LogP contribution in [-0.2, 0) is 27.2 Å². The molecule has 0 saturated heterocycles. The SMILES string of the molecule is CCc1ccc(C(C(=O)Nc2c(C)cccc2C)N(C(=O)C(Cc2ccc(O)cc2)NC(=O)OC(C)(C)C)C2CCC2)cc1. The number of phenolic OH excluding ortho intramolecular Hbond substituents is 1. The molecule has 3 N–H and O–H groups in total. The maximum absolute atomic E-state index is 14.7. The van der Waals surface area contributed by atoms with E-state index in [-0.39, 0.29) is 30.0 Å². The van der Waals surface area contributed by atoms with Crippen LogP contribution in [0, 0.1) is 13.8 Å². The normalized spacial score (nSPS) is 14.6. The van der Waals surface area contributed by atoms with Gasteiger partial charge in [0.05, 0.1) is 0 Å². The van der Waals surface area contributed by atoms with Crippen LogP contribution in [0.15, 0.2) is 66.7 Å². The monoisotopic (exact) mass is 599 g/mol. The first-order valence-electron chi connectivity index (χ1n) is 15.4. The molecule has 2 atom stereocenters. The fraction of sp³-hybridized carbons (Fsp3) is 0.417. The zero-order valence-corrected chi connectivity index (χ0v) is 26.6. The van der Waals surface area contributed by atoms with E-state index in [1.54, 1.807) is 49.9 Å². The van der Waals surface area contributed by atoms with Crippen LogP contribution in [0.2, 0.25) is 0 Å². The molecule has 1 fully saturated rings. The number of carbonyl (C=O) groups is 3. The Labute approximate surface area is 260 Å². The molecule has 0 bridgehead atoms. The molecule has 2 unspecified atom stereocenters. The average molecular weight is 600 g/mol. The number of anilines is 1. The van der Waals surface area contributed by atoms with Gasteiger partial charge < -0.3 is 25.4 Å². The molecule has 234 valence electrons. The van der Waals surface area contributed by atoms with Gasteiger partial charge in [0.1, 0.15) is 23.4 Å². The molecule has 8 heteroatoms. The Balaban J connectivity index is 1.77. The highest BCUT2D eigenvalue weighted by atomic mass is 16.6. The summed E-state index contributed by atoms with van der Waals surface area (Å²) in [4.78, 5) is 43.8. The van der Waals surface area contributed by atoms with Crippen molar-refractivity contribution in [1.82, 2.24) is 10.2 Å². The van der Waals surface area contributed by atoms with Crippen LogP contribution in [-0.4, -0.2) is 45.6 Å². The number of alkyl carbamates (subject to hydrolysis) is 1. The first-order valence-corrected chi connectivity index (χ1v) is 15.4. The predicted molar refractivity (Wildman–Crippen MR) is 173 cm³/mol. The van der Waals surface area contributed by atoms with Crippen molar-refractivity contribution in [3.05, 3.63) is 94.5 Å². The summed E-state index contributed by atoms with van der Waals surface area (Å²) in [5.41, 5.74) is 4.38. The lowest BCUT2D eigenvalue weighted by atomic mass is 9.87. The number of phenols is 1. The fourth-order valence-corrected chi connectivity index (χ4v) is 5.46. The smallest absolute Gasteiger partial charge is 0.408 e. The zero-order chi connectivity index (χ0) is 32.0. The van der Waals surface area contributed by atoms with Crippen molar-refractivity contribution in [3.63, 3.8) is 0 Å². The van der Waals surface area contributed by atoms with E-state index in [9.17, 15) is 19.5 Å². The highest BCUT2D eigenvalue weighted by molar-refractivity contribution is 6.00. The molecule has 3 aromatic rings. The van der Waals surface area contributed by atoms with Crippen molar-refractivity contribution in [3.8, 4) is 5.75 Å². The van der Waals surface area contributed by atoms with Crippen LogP contribution < -0.4 is 10.6 Å². The summed E-state index contributed by atoms with van der Waals surface area (Å²) in [5, 5.41) is 15.8. The van der Waals surface area contributed by atoms with E-state index in [2.05, 4.69) is 17.6 Å². The van der Waals surface area contributed by atoms with Crippen LogP contribution in [0.25, 0.3) is 0 Å². The lowest BCUT2D eigenvalue weighted by Gasteiger charge is -2.43. The Morgan fingerprint density at radius 1 is 0.932 bits per heavy atom. The van der Waals surface area contributed by atoms with Gasteiger partial charge >= 0.3 is 6.09 Å². The molecule has 0 aromatic heterocycles. The molecule has 0 spiro atoms. The van der Waals surface area contributed by atoms with Crippen LogP contribution >= 0.6 is 0 Å². The largest absolute Gasteiger partial charge is 0.508 e. The molecule has 1 aliphatic carbocycles. The number of ether oxygens (including phenoxy) is 1. The summed E-state index contributed by atoms with van der Waals surface area (Å²) in [7, 11) is 0. The highest BCUT2D eigenvalue weighted by Gasteiger charge is 2.42. The van der Waals surface area contributed by atoms with Crippen LogP contribution in [0.5, 0.6) is 5.75 Å². The van der Waals surface area contributed by atoms with Crippen molar-refractivity contribution in [1.29, 1.82) is 0 Å². The molecule has 44 heavy (non-hydrogen) atoms. The van der Waals surface area contributed by atoms with Gasteiger partial charge in [-0.15, -0.1) is 0 Å². The average Bonchev–Trinajstić information content (AvgIpc) is 2.93. The number of para-hydroxylation sites is 1. The topological polar surface area (TPSA) is 108 Å². The summed E-state index contributed by atoms with van der Waals surface area (Å²) in [6.07, 6.45) is 2.73. The summed E-state index contributed by atoms with van der Waals surface area (Å²) < 4.78 is 5.54. The molecular weight excluding hydrogens is 554 g/mol. The molecule has 4 rings (SSSR count). The third-order valence-corrected chi connectivity index (χ3v) is 8.05. The van der Waals surface area contributed by atoms with Gasteiger partial charge in [0.25, 0.3) is 5.91 Å². The van der Waals surface area contributed by atoms with Gasteiger partial charge in [-0.25, -0.2) is 4.79 Å². The minimum atomic E-state index is -1.01. The number of amides is 3. The second-order valence-electron chi connectivity index (χ2n) is 12.7. The quantitative estimate of drug-likeness (QED) is 0.238. The minimum Gasteiger partial charge on any atom is -0.508 e. The Kier molecular flexibility index (Phi) is 10.3. The Hall–Kier alpha value is -4.33. The Morgan fingerprint density at radius 2 is 1.52 bits per heavy atom. The number of hydrogen-bond donors (Lipinski definition) is 3. The van der Waals surface area contributed by atoms with Gasteiger partial charge in [0, 0.05) is 18.2 Å². The molecule has 1 aliphatic rings. The molecule has 3 amide bonds. The zero-order valence-electron chi connectivity index (χ0n) is 26.6. The van der Waals surface area contributed by atoms with E-state index in [0.29, 0.717) is 5.56 Å². The molecule has 0 heterocycles. The van der Waals surface area contributed by atoms with Gasteiger partial charge in [-0.05, 0) is 100 Å². The van der Waals surface area contributed by atoms with Crippen molar-refractivity contribution >= 4 is 23.6 Å². The van der Waals surface area contributed by atoms with Crippen LogP contribution in [0.4, 0.5) is 10.5 Å². The molecular formula is C36H45N3O5. The van der Waals surface area contributed by atoms with Crippen molar-refractivity contribution in [2.45, 2.75) is 97.4 Å². The number of nitrogens with one attached hydrogen (secondary N) is 2. The van der Waals surface area contributed by atoms with E-state index < -0.39 is 23.8 Å². The number of benzene rings is 3. The maximum Gasteiger partial charge on any atom is 0.408 e. The number of hydrogen-bond acceptors (Lipinski definition) is 5. The molecule has 8 nitrogen and oxygen atoms in total. The van der Waals surface area contributed by atoms with Gasteiger partial charge in [-0.3, -0.25) is 9.59 Å². The van der Waals surface area contributed by atoms with Gasteiger partial charge in [-0.2, -0.15) is 0 Å². The van der Waals surface area contributed by atoms with Crippen molar-refractivity contribution in [2.24, 2.45) is 0 Å². The molecule has 0 radical (unpaired) electrons. The Bertz CT molecular complexity index is 1440. The van der Waals surface area contributed by atoms with Gasteiger partial charge in [0.15, 0.2) is 0 Å². The van der Waals surface area contributed by atoms with Crippen molar-refractivity contribution in [2.75, 3.05) is 5.32 Å². The lowest BCUT2D eigenvalue weighted by Crippen LogP contribution is -2.57. The first kappa shape index (κ1) is 32.6.